The molecule has 0 unspecified atom stereocenters. The van der Waals surface area contributed by atoms with Gasteiger partial charge in [-0.1, -0.05) is 0 Å². The van der Waals surface area contributed by atoms with E-state index in [2.05, 4.69) is 4.74 Å². The molecule has 0 fully saturated rings. The van der Waals surface area contributed by atoms with Crippen molar-refractivity contribution in [2.75, 3.05) is 6.61 Å². The molecular formula is C11H12O4. The number of hydrogen-bond acceptors (Lipinski definition) is 4. The van der Waals surface area contributed by atoms with Crippen LogP contribution in [0, 0.1) is 0 Å². The fourth-order valence-electron chi connectivity index (χ4n) is 1.07. The van der Waals surface area contributed by atoms with Crippen LogP contribution in [0.3, 0.4) is 0 Å². The molecule has 15 heavy (non-hydrogen) atoms. The number of hydrogen-bond donors (Lipinski definition) is 2. The molecule has 2 N–H and O–H groups in total. The van der Waals surface area contributed by atoms with Gasteiger partial charge in [-0.3, -0.25) is 0 Å². The van der Waals surface area contributed by atoms with Gasteiger partial charge in [0.2, 0.25) is 0 Å². The van der Waals surface area contributed by atoms with Gasteiger partial charge in [0.15, 0.2) is 0 Å². The molecular weight excluding hydrogens is 196 g/mol. The Bertz CT molecular complexity index is 362. The standard InChI is InChI=1S/C11H12O4/c1-2-15-11(14)4-3-8-5-9(12)7-10(13)6-8/h3-7,12-13H,2H2,1H3/b4-3+. The van der Waals surface area contributed by atoms with Crippen LogP contribution in [0.25, 0.3) is 6.08 Å². The zero-order valence-corrected chi connectivity index (χ0v) is 8.30. The summed E-state index contributed by atoms with van der Waals surface area (Å²) in [4.78, 5) is 11.0. The summed E-state index contributed by atoms with van der Waals surface area (Å²) >= 11 is 0. The van der Waals surface area contributed by atoms with Crippen molar-refractivity contribution in [3.8, 4) is 11.5 Å². The molecule has 0 amide bonds. The third kappa shape index (κ3) is 3.72. The second-order valence-electron chi connectivity index (χ2n) is 2.87. The van der Waals surface area contributed by atoms with E-state index in [1.54, 1.807) is 6.92 Å². The topological polar surface area (TPSA) is 66.8 Å². The summed E-state index contributed by atoms with van der Waals surface area (Å²) in [5, 5.41) is 18.3. The maximum Gasteiger partial charge on any atom is 0.330 e. The van der Waals surface area contributed by atoms with Gasteiger partial charge in [0.05, 0.1) is 6.61 Å². The maximum absolute atomic E-state index is 11.0. The highest BCUT2D eigenvalue weighted by molar-refractivity contribution is 5.87. The molecule has 4 heteroatoms. The number of carbonyl (C=O) groups excluding carboxylic acids is 1. The Balaban J connectivity index is 2.76. The lowest BCUT2D eigenvalue weighted by molar-refractivity contribution is -0.137. The summed E-state index contributed by atoms with van der Waals surface area (Å²) in [6, 6.07) is 4.06. The first-order valence-electron chi connectivity index (χ1n) is 4.49. The number of benzene rings is 1. The van der Waals surface area contributed by atoms with Gasteiger partial charge in [0.1, 0.15) is 11.5 Å². The van der Waals surface area contributed by atoms with E-state index in [-0.39, 0.29) is 11.5 Å². The van der Waals surface area contributed by atoms with Crippen molar-refractivity contribution in [1.29, 1.82) is 0 Å². The molecule has 0 saturated carbocycles. The Labute approximate surface area is 87.4 Å². The average Bonchev–Trinajstić information content (AvgIpc) is 2.14. The van der Waals surface area contributed by atoms with Crippen LogP contribution in [0.2, 0.25) is 0 Å². The fraction of sp³-hybridized carbons (Fsp3) is 0.182. The van der Waals surface area contributed by atoms with Crippen molar-refractivity contribution in [2.24, 2.45) is 0 Å². The Morgan fingerprint density at radius 1 is 1.33 bits per heavy atom. The van der Waals surface area contributed by atoms with Gasteiger partial charge >= 0.3 is 5.97 Å². The Morgan fingerprint density at radius 3 is 2.47 bits per heavy atom. The second-order valence-corrected chi connectivity index (χ2v) is 2.87. The third-order valence-electron chi connectivity index (χ3n) is 1.62. The van der Waals surface area contributed by atoms with E-state index >= 15 is 0 Å². The molecule has 0 heterocycles. The van der Waals surface area contributed by atoms with E-state index in [1.165, 1.54) is 30.4 Å². The predicted octanol–water partition coefficient (Wildman–Crippen LogP) is 1.67. The molecule has 1 aromatic carbocycles. The van der Waals surface area contributed by atoms with E-state index < -0.39 is 5.97 Å². The van der Waals surface area contributed by atoms with Gasteiger partial charge in [-0.05, 0) is 30.7 Å². The fourth-order valence-corrected chi connectivity index (χ4v) is 1.07. The second kappa shape index (κ2) is 5.05. The average molecular weight is 208 g/mol. The molecule has 0 aliphatic heterocycles. The monoisotopic (exact) mass is 208 g/mol. The van der Waals surface area contributed by atoms with Crippen molar-refractivity contribution >= 4 is 12.0 Å². The first kappa shape index (κ1) is 11.1. The molecule has 0 atom stereocenters. The zero-order valence-electron chi connectivity index (χ0n) is 8.30. The van der Waals surface area contributed by atoms with Crippen LogP contribution in [0.5, 0.6) is 11.5 Å². The highest BCUT2D eigenvalue weighted by atomic mass is 16.5. The summed E-state index contributed by atoms with van der Waals surface area (Å²) in [6.07, 6.45) is 2.69. The lowest BCUT2D eigenvalue weighted by atomic mass is 10.2. The van der Waals surface area contributed by atoms with Gasteiger partial charge in [-0.25, -0.2) is 4.79 Å². The van der Waals surface area contributed by atoms with Crippen molar-refractivity contribution in [1.82, 2.24) is 0 Å². The van der Waals surface area contributed by atoms with Crippen LogP contribution in [-0.2, 0) is 9.53 Å². The summed E-state index contributed by atoms with van der Waals surface area (Å²) in [7, 11) is 0. The Morgan fingerprint density at radius 2 is 1.93 bits per heavy atom. The minimum atomic E-state index is -0.458. The third-order valence-corrected chi connectivity index (χ3v) is 1.62. The van der Waals surface area contributed by atoms with Crippen LogP contribution >= 0.6 is 0 Å². The minimum Gasteiger partial charge on any atom is -0.508 e. The smallest absolute Gasteiger partial charge is 0.330 e. The van der Waals surface area contributed by atoms with Gasteiger partial charge < -0.3 is 14.9 Å². The van der Waals surface area contributed by atoms with Crippen molar-refractivity contribution < 1.29 is 19.7 Å². The van der Waals surface area contributed by atoms with E-state index in [4.69, 9.17) is 10.2 Å². The van der Waals surface area contributed by atoms with E-state index in [0.29, 0.717) is 12.2 Å². The minimum absolute atomic E-state index is 0.0569. The Kier molecular flexibility index (Phi) is 3.74. The quantitative estimate of drug-likeness (QED) is 0.585. The van der Waals surface area contributed by atoms with Crippen molar-refractivity contribution in [3.63, 3.8) is 0 Å². The number of carbonyl (C=O) groups is 1. The lowest BCUT2D eigenvalue weighted by Gasteiger charge is -1.98. The molecule has 0 aromatic heterocycles. The maximum atomic E-state index is 11.0. The summed E-state index contributed by atoms with van der Waals surface area (Å²) in [5.74, 6) is -0.572. The molecule has 0 aliphatic rings. The van der Waals surface area contributed by atoms with Crippen LogP contribution in [-0.4, -0.2) is 22.8 Å². The van der Waals surface area contributed by atoms with Gasteiger partial charge in [-0.2, -0.15) is 0 Å². The van der Waals surface area contributed by atoms with Gasteiger partial charge in [-0.15, -0.1) is 0 Å². The number of ether oxygens (including phenoxy) is 1. The van der Waals surface area contributed by atoms with E-state index in [9.17, 15) is 4.79 Å². The predicted molar refractivity (Wildman–Crippen MR) is 55.4 cm³/mol. The Hall–Kier alpha value is -1.97. The molecule has 1 rings (SSSR count). The molecule has 0 aliphatic carbocycles. The number of esters is 1. The van der Waals surface area contributed by atoms with Crippen LogP contribution in [0.4, 0.5) is 0 Å². The molecule has 1 aromatic rings. The van der Waals surface area contributed by atoms with Crippen LogP contribution < -0.4 is 0 Å². The highest BCUT2D eigenvalue weighted by Crippen LogP contribution is 2.21. The largest absolute Gasteiger partial charge is 0.508 e. The molecule has 0 bridgehead atoms. The number of phenols is 2. The summed E-state index contributed by atoms with van der Waals surface area (Å²) < 4.78 is 4.67. The van der Waals surface area contributed by atoms with Crippen LogP contribution in [0.1, 0.15) is 12.5 Å². The normalized spacial score (nSPS) is 10.5. The number of rotatable bonds is 3. The van der Waals surface area contributed by atoms with E-state index in [1.807, 2.05) is 0 Å². The number of phenolic OH excluding ortho intramolecular Hbond substituents is 2. The first-order valence-corrected chi connectivity index (χ1v) is 4.49. The SMILES string of the molecule is CCOC(=O)/C=C/c1cc(O)cc(O)c1. The molecule has 0 saturated heterocycles. The molecule has 0 spiro atoms. The summed E-state index contributed by atoms with van der Waals surface area (Å²) in [6.45, 7) is 2.03. The molecule has 80 valence electrons. The highest BCUT2D eigenvalue weighted by Gasteiger charge is 1.97. The van der Waals surface area contributed by atoms with Crippen molar-refractivity contribution in [2.45, 2.75) is 6.92 Å². The van der Waals surface area contributed by atoms with Crippen molar-refractivity contribution in [3.05, 3.63) is 29.8 Å². The summed E-state index contributed by atoms with van der Waals surface area (Å²) in [5.41, 5.74) is 0.528. The lowest BCUT2D eigenvalue weighted by Crippen LogP contribution is -1.98. The first-order chi connectivity index (χ1) is 7.11. The van der Waals surface area contributed by atoms with Gasteiger partial charge in [0.25, 0.3) is 0 Å². The van der Waals surface area contributed by atoms with Crippen LogP contribution in [0.15, 0.2) is 24.3 Å². The van der Waals surface area contributed by atoms with Gasteiger partial charge in [0, 0.05) is 12.1 Å². The number of aromatic hydroxyl groups is 2. The van der Waals surface area contributed by atoms with E-state index in [0.717, 1.165) is 0 Å². The molecule has 4 nitrogen and oxygen atoms in total. The molecule has 0 radical (unpaired) electrons. The zero-order chi connectivity index (χ0) is 11.3.